The zero-order valence-corrected chi connectivity index (χ0v) is 14.0. The van der Waals surface area contributed by atoms with E-state index in [0.717, 1.165) is 0 Å². The number of fused-ring (bicyclic) bond motifs is 1. The first-order valence-corrected chi connectivity index (χ1v) is 8.47. The van der Waals surface area contributed by atoms with Gasteiger partial charge in [0.15, 0.2) is 5.65 Å². The highest BCUT2D eigenvalue weighted by atomic mass is 19.1. The predicted octanol–water partition coefficient (Wildman–Crippen LogP) is 2.13. The number of benzene rings is 1. The lowest BCUT2D eigenvalue weighted by Gasteiger charge is -2.10. The van der Waals surface area contributed by atoms with Crippen molar-refractivity contribution in [3.05, 3.63) is 87.0 Å². The maximum atomic E-state index is 15.5. The van der Waals surface area contributed by atoms with Gasteiger partial charge < -0.3 is 4.98 Å². The van der Waals surface area contributed by atoms with E-state index in [9.17, 15) is 9.59 Å². The van der Waals surface area contributed by atoms with E-state index in [2.05, 4.69) is 20.1 Å². The van der Waals surface area contributed by atoms with Crippen LogP contribution >= 0.6 is 0 Å². The summed E-state index contributed by atoms with van der Waals surface area (Å²) in [6.07, 6.45) is 4.87. The van der Waals surface area contributed by atoms with Gasteiger partial charge in [0.2, 0.25) is 0 Å². The average molecular weight is 363 g/mol. The molecule has 2 atom stereocenters. The Morgan fingerprint density at radius 3 is 2.81 bits per heavy atom. The normalized spacial score (nSPS) is 21.4. The van der Waals surface area contributed by atoms with Crippen LogP contribution in [0.4, 0.5) is 4.39 Å². The van der Waals surface area contributed by atoms with Crippen molar-refractivity contribution in [1.29, 1.82) is 0 Å². The summed E-state index contributed by atoms with van der Waals surface area (Å²) in [6.45, 7) is 0. The Labute approximate surface area is 151 Å². The summed E-state index contributed by atoms with van der Waals surface area (Å²) in [5, 5.41) is 4.38. The molecular weight excluding hydrogens is 349 g/mol. The van der Waals surface area contributed by atoms with Crippen LogP contribution in [0.5, 0.6) is 0 Å². The molecule has 1 aliphatic carbocycles. The second-order valence-electron chi connectivity index (χ2n) is 6.65. The van der Waals surface area contributed by atoms with Crippen LogP contribution in [0.25, 0.3) is 16.9 Å². The molecule has 2 N–H and O–H groups in total. The molecular formula is C19H14FN5O2. The molecule has 0 bridgehead atoms. The second kappa shape index (κ2) is 5.47. The number of imidazole rings is 1. The number of halogens is 1. The first-order chi connectivity index (χ1) is 13.1. The lowest BCUT2D eigenvalue weighted by atomic mass is 10.0. The van der Waals surface area contributed by atoms with Crippen molar-refractivity contribution in [3.8, 4) is 11.3 Å². The summed E-state index contributed by atoms with van der Waals surface area (Å²) in [7, 11) is 0. The van der Waals surface area contributed by atoms with Gasteiger partial charge in [-0.3, -0.25) is 9.78 Å². The number of alkyl halides is 1. The molecule has 1 saturated carbocycles. The zero-order chi connectivity index (χ0) is 18.6. The van der Waals surface area contributed by atoms with Gasteiger partial charge in [-0.2, -0.15) is 5.10 Å². The molecule has 1 fully saturated rings. The Kier molecular flexibility index (Phi) is 3.18. The summed E-state index contributed by atoms with van der Waals surface area (Å²) in [6, 6.07) is 10.7. The molecule has 0 radical (unpaired) electrons. The average Bonchev–Trinajstić information content (AvgIpc) is 3.13. The fraction of sp³-hybridized carbons (Fsp3) is 0.158. The molecule has 7 nitrogen and oxygen atoms in total. The lowest BCUT2D eigenvalue weighted by Crippen LogP contribution is -2.23. The minimum atomic E-state index is -1.47. The third kappa shape index (κ3) is 2.41. The van der Waals surface area contributed by atoms with Gasteiger partial charge in [0.25, 0.3) is 5.56 Å². The monoisotopic (exact) mass is 363 g/mol. The maximum Gasteiger partial charge on any atom is 0.325 e. The number of rotatable bonds is 3. The Hall–Kier alpha value is -3.55. The molecule has 8 heteroatoms. The lowest BCUT2D eigenvalue weighted by molar-refractivity contribution is 0.306. The highest BCUT2D eigenvalue weighted by Crippen LogP contribution is 2.62. The van der Waals surface area contributed by atoms with Crippen LogP contribution in [-0.4, -0.2) is 24.6 Å². The standard InChI is InChI=1S/C19H14FN5O2/c20-19(11-4-2-1-3-5-11)9-14(19)12-8-15(24-25-7-6-21-16(12)25)13-10-22-18(27)23-17(13)26/h1-8,10,14H,9H2,(H2,22,23,26,27)/t14-,19+/m0/s1. The Morgan fingerprint density at radius 1 is 1.22 bits per heavy atom. The first kappa shape index (κ1) is 15.7. The number of nitrogens with zero attached hydrogens (tertiary/aromatic N) is 3. The molecule has 27 heavy (non-hydrogen) atoms. The van der Waals surface area contributed by atoms with Crippen molar-refractivity contribution in [2.45, 2.75) is 18.0 Å². The van der Waals surface area contributed by atoms with Gasteiger partial charge in [-0.15, -0.1) is 0 Å². The molecule has 0 spiro atoms. The molecule has 3 aromatic heterocycles. The molecule has 1 aromatic carbocycles. The van der Waals surface area contributed by atoms with Gasteiger partial charge in [-0.25, -0.2) is 18.7 Å². The molecule has 5 rings (SSSR count). The van der Waals surface area contributed by atoms with E-state index in [0.29, 0.717) is 28.9 Å². The van der Waals surface area contributed by atoms with Crippen LogP contribution in [0, 0.1) is 0 Å². The van der Waals surface area contributed by atoms with Gasteiger partial charge in [0.1, 0.15) is 5.67 Å². The van der Waals surface area contributed by atoms with E-state index in [4.69, 9.17) is 0 Å². The zero-order valence-electron chi connectivity index (χ0n) is 14.0. The van der Waals surface area contributed by atoms with Gasteiger partial charge in [-0.1, -0.05) is 30.3 Å². The first-order valence-electron chi connectivity index (χ1n) is 8.47. The van der Waals surface area contributed by atoms with Crippen molar-refractivity contribution < 1.29 is 4.39 Å². The fourth-order valence-electron chi connectivity index (χ4n) is 3.56. The van der Waals surface area contributed by atoms with Crippen LogP contribution in [0.15, 0.2) is 64.6 Å². The smallest absolute Gasteiger partial charge is 0.313 e. The number of nitrogens with one attached hydrogen (secondary N) is 2. The van der Waals surface area contributed by atoms with E-state index in [1.165, 1.54) is 10.7 Å². The van der Waals surface area contributed by atoms with Crippen molar-refractivity contribution in [2.75, 3.05) is 0 Å². The molecule has 0 unspecified atom stereocenters. The van der Waals surface area contributed by atoms with Crippen LogP contribution in [0.3, 0.4) is 0 Å². The summed E-state index contributed by atoms with van der Waals surface area (Å²) < 4.78 is 17.0. The Bertz CT molecular complexity index is 1280. The van der Waals surface area contributed by atoms with Crippen molar-refractivity contribution in [3.63, 3.8) is 0 Å². The topological polar surface area (TPSA) is 95.9 Å². The second-order valence-corrected chi connectivity index (χ2v) is 6.65. The minimum Gasteiger partial charge on any atom is -0.313 e. The number of aromatic amines is 2. The minimum absolute atomic E-state index is 0.205. The van der Waals surface area contributed by atoms with Crippen molar-refractivity contribution >= 4 is 5.65 Å². The fourth-order valence-corrected chi connectivity index (χ4v) is 3.56. The quantitative estimate of drug-likeness (QED) is 0.583. The number of aromatic nitrogens is 5. The summed E-state index contributed by atoms with van der Waals surface area (Å²) in [5.41, 5.74) is -0.207. The highest BCUT2D eigenvalue weighted by molar-refractivity contribution is 5.64. The molecule has 4 aromatic rings. The highest BCUT2D eigenvalue weighted by Gasteiger charge is 2.58. The van der Waals surface area contributed by atoms with Crippen LogP contribution in [0.2, 0.25) is 0 Å². The van der Waals surface area contributed by atoms with Crippen LogP contribution in [0.1, 0.15) is 23.5 Å². The molecule has 3 heterocycles. The van der Waals surface area contributed by atoms with E-state index < -0.39 is 16.9 Å². The maximum absolute atomic E-state index is 15.5. The largest absolute Gasteiger partial charge is 0.325 e. The molecule has 134 valence electrons. The Balaban J connectivity index is 1.66. The van der Waals surface area contributed by atoms with E-state index in [-0.39, 0.29) is 11.5 Å². The molecule has 0 amide bonds. The van der Waals surface area contributed by atoms with E-state index >= 15 is 4.39 Å². The summed E-state index contributed by atoms with van der Waals surface area (Å²) in [5.74, 6) is -0.381. The van der Waals surface area contributed by atoms with E-state index in [1.54, 1.807) is 30.6 Å². The van der Waals surface area contributed by atoms with Crippen LogP contribution in [-0.2, 0) is 5.67 Å². The SMILES string of the molecule is O=c1[nH]cc(-c2cc([C@@H]3C[C@@]3(F)c3ccccc3)c3nccn3n2)c(=O)[nH]1. The summed E-state index contributed by atoms with van der Waals surface area (Å²) in [4.78, 5) is 32.3. The van der Waals surface area contributed by atoms with Gasteiger partial charge in [0, 0.05) is 30.1 Å². The van der Waals surface area contributed by atoms with Crippen molar-refractivity contribution in [2.24, 2.45) is 0 Å². The number of hydrogen-bond donors (Lipinski definition) is 2. The van der Waals surface area contributed by atoms with E-state index in [1.807, 2.05) is 18.2 Å². The molecule has 0 aliphatic heterocycles. The van der Waals surface area contributed by atoms with Gasteiger partial charge >= 0.3 is 5.69 Å². The molecule has 1 aliphatic rings. The number of hydrogen-bond acceptors (Lipinski definition) is 4. The number of H-pyrrole nitrogens is 2. The predicted molar refractivity (Wildman–Crippen MR) is 96.3 cm³/mol. The summed E-state index contributed by atoms with van der Waals surface area (Å²) >= 11 is 0. The third-order valence-corrected chi connectivity index (χ3v) is 5.01. The van der Waals surface area contributed by atoms with Gasteiger partial charge in [-0.05, 0) is 18.1 Å². The third-order valence-electron chi connectivity index (χ3n) is 5.01. The molecule has 0 saturated heterocycles. The van der Waals surface area contributed by atoms with Crippen LogP contribution < -0.4 is 11.2 Å². The van der Waals surface area contributed by atoms with Crippen molar-refractivity contribution in [1.82, 2.24) is 24.6 Å². The Morgan fingerprint density at radius 2 is 2.04 bits per heavy atom. The van der Waals surface area contributed by atoms with Gasteiger partial charge in [0.05, 0.1) is 11.3 Å².